The van der Waals surface area contributed by atoms with Gasteiger partial charge in [0, 0.05) is 57.0 Å². The number of ether oxygens (including phenoxy) is 1. The molecule has 1 aliphatic rings. The fraction of sp³-hybridized carbons (Fsp3) is 0.579. The number of nitrogens with one attached hydrogen (secondary N) is 1. The quantitative estimate of drug-likeness (QED) is 0.849. The summed E-state index contributed by atoms with van der Waals surface area (Å²) in [6, 6.07) is 7.62. The molecule has 0 atom stereocenters. The van der Waals surface area contributed by atoms with E-state index >= 15 is 0 Å². The molecule has 2 rings (SSSR count). The van der Waals surface area contributed by atoms with Crippen molar-refractivity contribution >= 4 is 29.4 Å². The van der Waals surface area contributed by atoms with Crippen molar-refractivity contribution in [3.05, 3.63) is 29.3 Å². The van der Waals surface area contributed by atoms with Gasteiger partial charge in [0.1, 0.15) is 5.60 Å². The van der Waals surface area contributed by atoms with E-state index in [1.807, 2.05) is 45.0 Å². The first-order chi connectivity index (χ1) is 12.7. The molecule has 0 saturated carbocycles. The number of hydrogen-bond acceptors (Lipinski definition) is 4. The Morgan fingerprint density at radius 1 is 1.22 bits per heavy atom. The molecule has 1 aliphatic heterocycles. The highest BCUT2D eigenvalue weighted by Gasteiger charge is 2.22. The van der Waals surface area contributed by atoms with E-state index in [-0.39, 0.29) is 6.03 Å². The Balaban J connectivity index is 1.71. The zero-order valence-electron chi connectivity index (χ0n) is 16.5. The topological polar surface area (TPSA) is 65.1 Å². The molecule has 7 nitrogen and oxygen atoms in total. The van der Waals surface area contributed by atoms with Crippen molar-refractivity contribution in [1.82, 2.24) is 15.1 Å². The molecule has 0 bridgehead atoms. The highest BCUT2D eigenvalue weighted by molar-refractivity contribution is 6.30. The van der Waals surface area contributed by atoms with Gasteiger partial charge in [-0.15, -0.1) is 0 Å². The zero-order valence-corrected chi connectivity index (χ0v) is 17.3. The van der Waals surface area contributed by atoms with Crippen molar-refractivity contribution in [3.63, 3.8) is 0 Å². The number of halogens is 1. The molecule has 1 aromatic carbocycles. The van der Waals surface area contributed by atoms with Gasteiger partial charge in [-0.1, -0.05) is 17.7 Å². The lowest BCUT2D eigenvalue weighted by atomic mass is 10.2. The minimum Gasteiger partial charge on any atom is -0.444 e. The molecule has 3 amide bonds. The highest BCUT2D eigenvalue weighted by Crippen LogP contribution is 2.20. The number of nitrogens with zero attached hydrogens (tertiary/aromatic N) is 3. The normalized spacial score (nSPS) is 14.7. The van der Waals surface area contributed by atoms with Crippen LogP contribution < -0.4 is 10.2 Å². The third-order valence-corrected chi connectivity index (χ3v) is 4.40. The second-order valence-corrected chi connectivity index (χ2v) is 8.02. The number of amides is 3. The van der Waals surface area contributed by atoms with E-state index in [1.165, 1.54) is 4.90 Å². The van der Waals surface area contributed by atoms with Gasteiger partial charge in [0.25, 0.3) is 0 Å². The summed E-state index contributed by atoms with van der Waals surface area (Å²) in [6.45, 7) is 9.03. The van der Waals surface area contributed by atoms with Gasteiger partial charge in [-0.25, -0.2) is 9.59 Å². The number of hydrogen-bond donors (Lipinski definition) is 1. The highest BCUT2D eigenvalue weighted by atomic mass is 35.5. The number of piperazine rings is 1. The average Bonchev–Trinajstić information content (AvgIpc) is 2.60. The summed E-state index contributed by atoms with van der Waals surface area (Å²) in [7, 11) is 1.66. The predicted octanol–water partition coefficient (Wildman–Crippen LogP) is 3.04. The van der Waals surface area contributed by atoms with Crippen LogP contribution in [0.4, 0.5) is 15.3 Å². The molecular formula is C19H29ClN4O3. The molecule has 0 unspecified atom stereocenters. The number of benzene rings is 1. The van der Waals surface area contributed by atoms with Crippen molar-refractivity contribution in [2.75, 3.05) is 51.2 Å². The minimum absolute atomic E-state index is 0.113. The number of carbonyl (C=O) groups is 2. The molecule has 1 N–H and O–H groups in total. The van der Waals surface area contributed by atoms with Crippen molar-refractivity contribution in [1.29, 1.82) is 0 Å². The van der Waals surface area contributed by atoms with Gasteiger partial charge in [-0.2, -0.15) is 0 Å². The molecule has 27 heavy (non-hydrogen) atoms. The number of carbonyl (C=O) groups excluding carboxylic acids is 2. The van der Waals surface area contributed by atoms with E-state index in [4.69, 9.17) is 16.3 Å². The molecule has 0 aromatic heterocycles. The minimum atomic E-state index is -0.531. The van der Waals surface area contributed by atoms with Crippen LogP contribution in [0.5, 0.6) is 0 Å². The lowest BCUT2D eigenvalue weighted by Gasteiger charge is -2.36. The Kier molecular flexibility index (Phi) is 7.18. The predicted molar refractivity (Wildman–Crippen MR) is 108 cm³/mol. The SMILES string of the molecule is CN(CCNC(=O)N1CCN(c2cccc(Cl)c2)CC1)C(=O)OC(C)(C)C. The Morgan fingerprint density at radius 3 is 2.48 bits per heavy atom. The number of rotatable bonds is 4. The van der Waals surface area contributed by atoms with E-state index in [1.54, 1.807) is 11.9 Å². The largest absolute Gasteiger partial charge is 0.444 e. The fourth-order valence-electron chi connectivity index (χ4n) is 2.71. The Bertz CT molecular complexity index is 655. The monoisotopic (exact) mass is 396 g/mol. The van der Waals surface area contributed by atoms with Gasteiger partial charge >= 0.3 is 12.1 Å². The van der Waals surface area contributed by atoms with Gasteiger partial charge in [0.15, 0.2) is 0 Å². The van der Waals surface area contributed by atoms with E-state index < -0.39 is 11.7 Å². The first-order valence-electron chi connectivity index (χ1n) is 9.13. The third kappa shape index (κ3) is 6.82. The van der Waals surface area contributed by atoms with Gasteiger partial charge < -0.3 is 24.8 Å². The van der Waals surface area contributed by atoms with Crippen LogP contribution in [-0.2, 0) is 4.74 Å². The molecular weight excluding hydrogens is 368 g/mol. The van der Waals surface area contributed by atoms with Crippen molar-refractivity contribution < 1.29 is 14.3 Å². The van der Waals surface area contributed by atoms with Crippen LogP contribution in [-0.4, -0.2) is 73.8 Å². The van der Waals surface area contributed by atoms with Crippen LogP contribution in [0.25, 0.3) is 0 Å². The smallest absolute Gasteiger partial charge is 0.410 e. The summed E-state index contributed by atoms with van der Waals surface area (Å²) in [6.07, 6.45) is -0.396. The summed E-state index contributed by atoms with van der Waals surface area (Å²) < 4.78 is 5.28. The Hall–Kier alpha value is -2.15. The zero-order chi connectivity index (χ0) is 20.0. The molecule has 8 heteroatoms. The summed E-state index contributed by atoms with van der Waals surface area (Å²) in [5.41, 5.74) is 0.540. The van der Waals surface area contributed by atoms with Gasteiger partial charge in [0.2, 0.25) is 0 Å². The van der Waals surface area contributed by atoms with Crippen molar-refractivity contribution in [3.8, 4) is 0 Å². The molecule has 150 valence electrons. The molecule has 1 heterocycles. The van der Waals surface area contributed by atoms with E-state index in [0.717, 1.165) is 18.8 Å². The Morgan fingerprint density at radius 2 is 1.89 bits per heavy atom. The molecule has 0 radical (unpaired) electrons. The number of likely N-dealkylation sites (N-methyl/N-ethyl adjacent to an activating group) is 1. The first-order valence-corrected chi connectivity index (χ1v) is 9.51. The van der Waals surface area contributed by atoms with E-state index in [0.29, 0.717) is 31.2 Å². The Labute approximate surface area is 166 Å². The molecule has 1 aromatic rings. The van der Waals surface area contributed by atoms with E-state index in [9.17, 15) is 9.59 Å². The van der Waals surface area contributed by atoms with Gasteiger partial charge in [0.05, 0.1) is 0 Å². The van der Waals surface area contributed by atoms with Crippen LogP contribution in [0.15, 0.2) is 24.3 Å². The molecule has 0 aliphatic carbocycles. The van der Waals surface area contributed by atoms with Gasteiger partial charge in [-0.05, 0) is 39.0 Å². The van der Waals surface area contributed by atoms with Crippen LogP contribution in [0, 0.1) is 0 Å². The molecule has 0 spiro atoms. The van der Waals surface area contributed by atoms with E-state index in [2.05, 4.69) is 10.2 Å². The second kappa shape index (κ2) is 9.17. The van der Waals surface area contributed by atoms with Crippen molar-refractivity contribution in [2.45, 2.75) is 26.4 Å². The van der Waals surface area contributed by atoms with Crippen LogP contribution in [0.3, 0.4) is 0 Å². The standard InChI is InChI=1S/C19H29ClN4O3/c1-19(2,3)27-18(26)22(4)9-8-21-17(25)24-12-10-23(11-13-24)16-7-5-6-15(20)14-16/h5-7,14H,8-13H2,1-4H3,(H,21,25). The van der Waals surface area contributed by atoms with Crippen molar-refractivity contribution in [2.24, 2.45) is 0 Å². The maximum absolute atomic E-state index is 12.3. The van der Waals surface area contributed by atoms with Crippen LogP contribution in [0.2, 0.25) is 5.02 Å². The lowest BCUT2D eigenvalue weighted by Crippen LogP contribution is -2.52. The van der Waals surface area contributed by atoms with Crippen LogP contribution in [0.1, 0.15) is 20.8 Å². The lowest BCUT2D eigenvalue weighted by molar-refractivity contribution is 0.0300. The summed E-state index contributed by atoms with van der Waals surface area (Å²) >= 11 is 6.05. The maximum atomic E-state index is 12.3. The number of urea groups is 1. The summed E-state index contributed by atoms with van der Waals surface area (Å²) in [5.74, 6) is 0. The molecule has 1 saturated heterocycles. The summed E-state index contributed by atoms with van der Waals surface area (Å²) in [4.78, 5) is 29.7. The molecule has 1 fully saturated rings. The maximum Gasteiger partial charge on any atom is 0.410 e. The first kappa shape index (κ1) is 21.2. The van der Waals surface area contributed by atoms with Gasteiger partial charge in [-0.3, -0.25) is 0 Å². The average molecular weight is 397 g/mol. The number of anilines is 1. The fourth-order valence-corrected chi connectivity index (χ4v) is 2.90. The summed E-state index contributed by atoms with van der Waals surface area (Å²) in [5, 5.41) is 3.57. The third-order valence-electron chi connectivity index (χ3n) is 4.17. The van der Waals surface area contributed by atoms with Crippen LogP contribution >= 0.6 is 11.6 Å². The second-order valence-electron chi connectivity index (χ2n) is 7.59.